The normalized spacial score (nSPS) is 11.4. The molecule has 0 amide bonds. The minimum atomic E-state index is 0.520. The van der Waals surface area contributed by atoms with Crippen molar-refractivity contribution in [1.82, 2.24) is 29.1 Å². The van der Waals surface area contributed by atoms with Crippen LogP contribution in [0.2, 0.25) is 0 Å². The molecule has 0 bridgehead atoms. The average molecular weight is 970 g/mol. The van der Waals surface area contributed by atoms with Crippen LogP contribution in [0.15, 0.2) is 261 Å². The van der Waals surface area contributed by atoms with E-state index < -0.39 is 0 Å². The Morgan fingerprint density at radius 1 is 0.289 bits per heavy atom. The highest BCUT2D eigenvalue weighted by Crippen LogP contribution is 2.41. The summed E-state index contributed by atoms with van der Waals surface area (Å²) in [5.74, 6) is 1.19. The average Bonchev–Trinajstić information content (AvgIpc) is 4.04. The van der Waals surface area contributed by atoms with E-state index >= 15 is 0 Å². The van der Waals surface area contributed by atoms with Gasteiger partial charge in [-0.15, -0.1) is 0 Å². The molecule has 0 aliphatic carbocycles. The summed E-state index contributed by atoms with van der Waals surface area (Å²) in [5, 5.41) is 14.9. The third-order valence-electron chi connectivity index (χ3n) is 14.4. The molecule has 14 aromatic rings. The van der Waals surface area contributed by atoms with Crippen LogP contribution in [0.3, 0.4) is 0 Å². The Morgan fingerprint density at radius 2 is 0.724 bits per heavy atom. The van der Waals surface area contributed by atoms with Gasteiger partial charge in [-0.2, -0.15) is 5.26 Å². The molecule has 0 radical (unpaired) electrons. The molecule has 0 unspecified atom stereocenters. The second-order valence-corrected chi connectivity index (χ2v) is 19.0. The van der Waals surface area contributed by atoms with Crippen molar-refractivity contribution >= 4 is 43.6 Å². The van der Waals surface area contributed by atoms with Crippen LogP contribution in [0.5, 0.6) is 0 Å². The highest BCUT2D eigenvalue weighted by molar-refractivity contribution is 6.12. The van der Waals surface area contributed by atoms with Gasteiger partial charge >= 0.3 is 0 Å². The fourth-order valence-corrected chi connectivity index (χ4v) is 10.8. The molecule has 10 aromatic carbocycles. The van der Waals surface area contributed by atoms with Crippen molar-refractivity contribution < 1.29 is 0 Å². The maximum atomic E-state index is 10.4. The van der Waals surface area contributed by atoms with E-state index in [2.05, 4.69) is 191 Å². The Balaban J connectivity index is 0.993. The van der Waals surface area contributed by atoms with E-state index in [0.717, 1.165) is 111 Å². The summed E-state index contributed by atoms with van der Waals surface area (Å²) >= 11 is 0. The molecule has 0 aliphatic heterocycles. The van der Waals surface area contributed by atoms with Crippen molar-refractivity contribution in [2.45, 2.75) is 0 Å². The van der Waals surface area contributed by atoms with Crippen LogP contribution in [0.25, 0.3) is 134 Å². The molecule has 0 N–H and O–H groups in total. The predicted octanol–water partition coefficient (Wildman–Crippen LogP) is 17.0. The Bertz CT molecular complexity index is 4410. The van der Waals surface area contributed by atoms with Crippen molar-refractivity contribution in [2.75, 3.05) is 0 Å². The third-order valence-corrected chi connectivity index (χ3v) is 14.4. The van der Waals surface area contributed by atoms with Gasteiger partial charge in [0.05, 0.1) is 62.2 Å². The molecule has 14 rings (SSSR count). The fourth-order valence-electron chi connectivity index (χ4n) is 10.8. The van der Waals surface area contributed by atoms with Crippen molar-refractivity contribution in [3.05, 3.63) is 266 Å². The van der Waals surface area contributed by atoms with Gasteiger partial charge in [-0.25, -0.2) is 19.9 Å². The third kappa shape index (κ3) is 7.77. The number of benzene rings is 10. The van der Waals surface area contributed by atoms with Gasteiger partial charge in [0.2, 0.25) is 0 Å². The largest absolute Gasteiger partial charge is 0.309 e. The predicted molar refractivity (Wildman–Crippen MR) is 309 cm³/mol. The number of nitrogens with zero attached hydrogens (tertiary/aromatic N) is 7. The van der Waals surface area contributed by atoms with Crippen molar-refractivity contribution in [3.8, 4) is 96.4 Å². The number of rotatable bonds is 9. The first-order valence-electron chi connectivity index (χ1n) is 25.3. The Morgan fingerprint density at radius 3 is 1.26 bits per heavy atom. The van der Waals surface area contributed by atoms with Crippen LogP contribution in [0, 0.1) is 11.3 Å². The zero-order valence-electron chi connectivity index (χ0n) is 41.0. The molecule has 7 heteroatoms. The molecule has 0 fully saturated rings. The van der Waals surface area contributed by atoms with Crippen LogP contribution in [0.1, 0.15) is 5.56 Å². The second-order valence-electron chi connectivity index (χ2n) is 19.0. The summed E-state index contributed by atoms with van der Waals surface area (Å²) in [7, 11) is 0. The Hall–Kier alpha value is -10.6. The number of hydrogen-bond acceptors (Lipinski definition) is 5. The number of aromatic nitrogens is 6. The molecule has 0 aliphatic rings. The fraction of sp³-hybridized carbons (Fsp3) is 0. The SMILES string of the molecule is N#Cc1ccc(-n2c3ccccc3c3cc(-c4cc(-c5cc(-c6ccccc6)nc(-c6ccccc6)n5)cc(-n5c6ccccc6c6ccccc65)c4)ccc32)c(-c2nc(-c3ccccc3)cc(-c3ccccc3)n2)c1. The van der Waals surface area contributed by atoms with Crippen LogP contribution in [0.4, 0.5) is 0 Å². The van der Waals surface area contributed by atoms with Gasteiger partial charge in [-0.05, 0) is 90.0 Å². The van der Waals surface area contributed by atoms with Crippen LogP contribution in [-0.4, -0.2) is 29.1 Å². The van der Waals surface area contributed by atoms with Gasteiger partial charge in [-0.1, -0.05) is 182 Å². The summed E-state index contributed by atoms with van der Waals surface area (Å²) < 4.78 is 4.67. The standard InChI is InChI=1S/C69H43N7/c70-44-45-33-35-67(58(37-45)69-73-60(47-21-7-2-8-22-47)42-61(74-69)48-23-9-3-10-24-48)76-65-32-18-15-29-56(65)57-41-50(34-36-66(57)76)51-38-52(40-53(39-51)75-63-30-16-13-27-54(63)55-28-14-17-31-64(55)75)62-43-59(46-19-5-1-6-20-46)71-68(72-62)49-25-11-4-12-26-49/h1-43H. The molecule has 0 spiro atoms. The highest BCUT2D eigenvalue weighted by Gasteiger charge is 2.22. The molecule has 76 heavy (non-hydrogen) atoms. The van der Waals surface area contributed by atoms with Crippen molar-refractivity contribution in [2.24, 2.45) is 0 Å². The summed E-state index contributed by atoms with van der Waals surface area (Å²) in [6, 6.07) is 92.7. The minimum Gasteiger partial charge on any atom is -0.309 e. The van der Waals surface area contributed by atoms with Crippen molar-refractivity contribution in [3.63, 3.8) is 0 Å². The molecule has 354 valence electrons. The Kier molecular flexibility index (Phi) is 10.7. The zero-order chi connectivity index (χ0) is 50.5. The van der Waals surface area contributed by atoms with Gasteiger partial charge in [0, 0.05) is 60.6 Å². The summed E-state index contributed by atoms with van der Waals surface area (Å²) in [5.41, 5.74) is 17.6. The van der Waals surface area contributed by atoms with E-state index in [1.54, 1.807) is 0 Å². The quantitative estimate of drug-likeness (QED) is 0.144. The van der Waals surface area contributed by atoms with Gasteiger partial charge in [0.15, 0.2) is 11.6 Å². The number of fused-ring (bicyclic) bond motifs is 6. The lowest BCUT2D eigenvalue weighted by atomic mass is 9.97. The molecule has 4 heterocycles. The number of para-hydroxylation sites is 3. The smallest absolute Gasteiger partial charge is 0.162 e. The first-order chi connectivity index (χ1) is 37.6. The summed E-state index contributed by atoms with van der Waals surface area (Å²) in [4.78, 5) is 21.0. The second kappa shape index (κ2) is 18.5. The Labute approximate surface area is 438 Å². The van der Waals surface area contributed by atoms with Crippen LogP contribution < -0.4 is 0 Å². The van der Waals surface area contributed by atoms with E-state index in [9.17, 15) is 5.26 Å². The first kappa shape index (κ1) is 44.2. The molecule has 0 atom stereocenters. The summed E-state index contributed by atoms with van der Waals surface area (Å²) in [6.07, 6.45) is 0. The topological polar surface area (TPSA) is 85.2 Å². The molecule has 7 nitrogen and oxygen atoms in total. The van der Waals surface area contributed by atoms with Gasteiger partial charge in [0.25, 0.3) is 0 Å². The van der Waals surface area contributed by atoms with E-state index in [1.807, 2.05) is 84.9 Å². The van der Waals surface area contributed by atoms with E-state index in [1.165, 1.54) is 10.8 Å². The van der Waals surface area contributed by atoms with Gasteiger partial charge in [-0.3, -0.25) is 0 Å². The molecule has 4 aromatic heterocycles. The number of hydrogen-bond donors (Lipinski definition) is 0. The van der Waals surface area contributed by atoms with E-state index in [4.69, 9.17) is 19.9 Å². The highest BCUT2D eigenvalue weighted by atomic mass is 15.0. The van der Waals surface area contributed by atoms with E-state index in [0.29, 0.717) is 17.2 Å². The van der Waals surface area contributed by atoms with Crippen molar-refractivity contribution in [1.29, 1.82) is 5.26 Å². The maximum absolute atomic E-state index is 10.4. The zero-order valence-corrected chi connectivity index (χ0v) is 41.0. The molecule has 0 saturated heterocycles. The maximum Gasteiger partial charge on any atom is 0.162 e. The summed E-state index contributed by atoms with van der Waals surface area (Å²) in [6.45, 7) is 0. The molecular weight excluding hydrogens is 927 g/mol. The molecule has 0 saturated carbocycles. The molecular formula is C69H43N7. The number of nitriles is 1. The lowest BCUT2D eigenvalue weighted by Gasteiger charge is -2.16. The monoisotopic (exact) mass is 969 g/mol. The lowest BCUT2D eigenvalue weighted by Crippen LogP contribution is -2.02. The van der Waals surface area contributed by atoms with Crippen LogP contribution in [-0.2, 0) is 0 Å². The van der Waals surface area contributed by atoms with Gasteiger partial charge in [0.1, 0.15) is 0 Å². The van der Waals surface area contributed by atoms with Gasteiger partial charge < -0.3 is 9.13 Å². The van der Waals surface area contributed by atoms with Crippen LogP contribution >= 0.6 is 0 Å². The first-order valence-corrected chi connectivity index (χ1v) is 25.3. The lowest BCUT2D eigenvalue weighted by molar-refractivity contribution is 1.14. The minimum absolute atomic E-state index is 0.520. The van der Waals surface area contributed by atoms with E-state index in [-0.39, 0.29) is 0 Å².